The molecule has 0 aliphatic carbocycles. The fourth-order valence-corrected chi connectivity index (χ4v) is 2.35. The number of rotatable bonds is 1. The molecule has 0 aromatic heterocycles. The van der Waals surface area contributed by atoms with Crippen LogP contribution in [-0.2, 0) is 0 Å². The monoisotopic (exact) mass is 298 g/mol. The fourth-order valence-electron chi connectivity index (χ4n) is 1.97. The summed E-state index contributed by atoms with van der Waals surface area (Å²) in [6, 6.07) is 5.17. The van der Waals surface area contributed by atoms with Gasteiger partial charge in [0.25, 0.3) is 0 Å². The molecule has 1 aromatic carbocycles. The number of alkyl halides is 1. The van der Waals surface area contributed by atoms with Crippen LogP contribution >= 0.6 is 15.9 Å². The van der Waals surface area contributed by atoms with Gasteiger partial charge < -0.3 is 9.84 Å². The van der Waals surface area contributed by atoms with Crippen LogP contribution in [-0.4, -0.2) is 21.3 Å². The number of ether oxygens (including phenoxy) is 1. The molecule has 4 heteroatoms. The molecular weight excluding hydrogens is 284 g/mol. The summed E-state index contributed by atoms with van der Waals surface area (Å²) in [5.41, 5.74) is 0.772. The number of halogens is 1. The van der Waals surface area contributed by atoms with Gasteiger partial charge in [-0.05, 0) is 39.0 Å². The second-order valence-electron chi connectivity index (χ2n) is 4.86. The molecule has 1 heterocycles. The third kappa shape index (κ3) is 2.11. The Morgan fingerprint density at radius 1 is 1.47 bits per heavy atom. The Morgan fingerprint density at radius 2 is 2.12 bits per heavy atom. The lowest BCUT2D eigenvalue weighted by molar-refractivity contribution is 0.0225. The Balaban J connectivity index is 2.50. The van der Waals surface area contributed by atoms with E-state index in [2.05, 4.69) is 15.9 Å². The minimum Gasteiger partial charge on any atom is -0.486 e. The van der Waals surface area contributed by atoms with E-state index >= 15 is 0 Å². The van der Waals surface area contributed by atoms with Gasteiger partial charge in [-0.1, -0.05) is 15.9 Å². The predicted octanol–water partition coefficient (Wildman–Crippen LogP) is 2.86. The predicted molar refractivity (Wildman–Crippen MR) is 68.8 cm³/mol. The van der Waals surface area contributed by atoms with E-state index in [0.717, 1.165) is 0 Å². The van der Waals surface area contributed by atoms with Gasteiger partial charge in [-0.3, -0.25) is 4.79 Å². The maximum atomic E-state index is 11.3. The first-order valence-corrected chi connectivity index (χ1v) is 6.40. The number of hydrogen-bond acceptors (Lipinski definition) is 3. The van der Waals surface area contributed by atoms with Crippen molar-refractivity contribution in [2.75, 3.05) is 0 Å². The summed E-state index contributed by atoms with van der Waals surface area (Å²) in [4.78, 5) is 11.1. The Hall–Kier alpha value is -0.870. The Bertz CT molecular complexity index is 468. The average Bonchev–Trinajstić information content (AvgIpc) is 2.25. The van der Waals surface area contributed by atoms with Crippen molar-refractivity contribution in [2.24, 2.45) is 0 Å². The molecule has 92 valence electrons. The maximum Gasteiger partial charge on any atom is 0.159 e. The third-order valence-electron chi connectivity index (χ3n) is 3.05. The van der Waals surface area contributed by atoms with Crippen molar-refractivity contribution in [2.45, 2.75) is 37.3 Å². The van der Waals surface area contributed by atoms with Gasteiger partial charge in [-0.15, -0.1) is 0 Å². The molecule has 1 aliphatic rings. The van der Waals surface area contributed by atoms with E-state index in [1.165, 1.54) is 6.92 Å². The SMILES string of the molecule is CC(=O)c1ccc2c(c1)[C@H](O)[C@@H](Br)C(C)(C)O2. The number of ketones is 1. The van der Waals surface area contributed by atoms with Gasteiger partial charge in [0.05, 0.1) is 10.9 Å². The summed E-state index contributed by atoms with van der Waals surface area (Å²) in [6.45, 7) is 5.34. The van der Waals surface area contributed by atoms with Gasteiger partial charge in [-0.2, -0.15) is 0 Å². The van der Waals surface area contributed by atoms with Crippen molar-refractivity contribution < 1.29 is 14.6 Å². The van der Waals surface area contributed by atoms with Crippen LogP contribution in [0.4, 0.5) is 0 Å². The largest absolute Gasteiger partial charge is 0.486 e. The number of aliphatic hydroxyl groups is 1. The van der Waals surface area contributed by atoms with E-state index in [4.69, 9.17) is 4.74 Å². The highest BCUT2D eigenvalue weighted by Gasteiger charge is 2.41. The number of Topliss-reactive ketones (excluding diaryl/α,β-unsaturated/α-hetero) is 1. The van der Waals surface area contributed by atoms with Crippen molar-refractivity contribution in [3.05, 3.63) is 29.3 Å². The summed E-state index contributed by atoms with van der Waals surface area (Å²) < 4.78 is 5.82. The number of benzene rings is 1. The lowest BCUT2D eigenvalue weighted by Gasteiger charge is -2.40. The highest BCUT2D eigenvalue weighted by Crippen LogP contribution is 2.43. The van der Waals surface area contributed by atoms with Crippen LogP contribution in [0.1, 0.15) is 42.8 Å². The molecule has 0 bridgehead atoms. The van der Waals surface area contributed by atoms with Crippen LogP contribution in [0.3, 0.4) is 0 Å². The smallest absolute Gasteiger partial charge is 0.159 e. The first-order valence-electron chi connectivity index (χ1n) is 5.49. The Morgan fingerprint density at radius 3 is 2.71 bits per heavy atom. The van der Waals surface area contributed by atoms with Crippen molar-refractivity contribution in [3.8, 4) is 5.75 Å². The minimum absolute atomic E-state index is 0.0176. The van der Waals surface area contributed by atoms with Crippen molar-refractivity contribution in [3.63, 3.8) is 0 Å². The number of hydrogen-bond donors (Lipinski definition) is 1. The van der Waals surface area contributed by atoms with Crippen LogP contribution in [0.25, 0.3) is 0 Å². The molecule has 0 saturated carbocycles. The highest BCUT2D eigenvalue weighted by atomic mass is 79.9. The van der Waals surface area contributed by atoms with E-state index in [1.54, 1.807) is 18.2 Å². The van der Waals surface area contributed by atoms with E-state index in [9.17, 15) is 9.90 Å². The van der Waals surface area contributed by atoms with Crippen LogP contribution < -0.4 is 4.74 Å². The molecule has 1 aliphatic heterocycles. The second-order valence-corrected chi connectivity index (χ2v) is 5.85. The molecule has 2 rings (SSSR count). The summed E-state index contributed by atoms with van der Waals surface area (Å²) >= 11 is 3.45. The molecule has 17 heavy (non-hydrogen) atoms. The zero-order valence-electron chi connectivity index (χ0n) is 10.0. The van der Waals surface area contributed by atoms with E-state index in [0.29, 0.717) is 16.9 Å². The summed E-state index contributed by atoms with van der Waals surface area (Å²) in [5, 5.41) is 10.2. The van der Waals surface area contributed by atoms with Crippen molar-refractivity contribution in [1.82, 2.24) is 0 Å². The summed E-state index contributed by atoms with van der Waals surface area (Å²) in [7, 11) is 0. The molecule has 0 amide bonds. The van der Waals surface area contributed by atoms with E-state index < -0.39 is 11.7 Å². The average molecular weight is 299 g/mol. The normalized spacial score (nSPS) is 25.9. The highest BCUT2D eigenvalue weighted by molar-refractivity contribution is 9.09. The van der Waals surface area contributed by atoms with Gasteiger partial charge in [0, 0.05) is 11.1 Å². The van der Waals surface area contributed by atoms with Gasteiger partial charge in [0.1, 0.15) is 11.4 Å². The number of fused-ring (bicyclic) bond motifs is 1. The molecule has 2 atom stereocenters. The van der Waals surface area contributed by atoms with Crippen molar-refractivity contribution >= 4 is 21.7 Å². The van der Waals surface area contributed by atoms with Gasteiger partial charge in [0.2, 0.25) is 0 Å². The molecule has 1 aromatic rings. The Labute approximate surface area is 109 Å². The maximum absolute atomic E-state index is 11.3. The standard InChI is InChI=1S/C13H15BrO3/c1-7(15)8-4-5-10-9(6-8)11(16)12(14)13(2,3)17-10/h4-6,11-12,16H,1-3H3/t11-,12+/m0/s1. The lowest BCUT2D eigenvalue weighted by atomic mass is 9.90. The summed E-state index contributed by atoms with van der Waals surface area (Å²) in [5.74, 6) is 0.624. The number of aliphatic hydroxyl groups excluding tert-OH is 1. The van der Waals surface area contributed by atoms with Gasteiger partial charge in [0.15, 0.2) is 5.78 Å². The number of carbonyl (C=O) groups is 1. The molecule has 0 fully saturated rings. The topological polar surface area (TPSA) is 46.5 Å². The molecule has 0 spiro atoms. The molecule has 0 saturated heterocycles. The van der Waals surface area contributed by atoms with Gasteiger partial charge in [-0.25, -0.2) is 0 Å². The zero-order chi connectivity index (χ0) is 12.8. The van der Waals surface area contributed by atoms with Crippen LogP contribution in [0.15, 0.2) is 18.2 Å². The fraction of sp³-hybridized carbons (Fsp3) is 0.462. The van der Waals surface area contributed by atoms with Crippen LogP contribution in [0, 0.1) is 0 Å². The van der Waals surface area contributed by atoms with Crippen LogP contribution in [0.2, 0.25) is 0 Å². The minimum atomic E-state index is -0.673. The number of carbonyl (C=O) groups excluding carboxylic acids is 1. The third-order valence-corrected chi connectivity index (χ3v) is 4.65. The lowest BCUT2D eigenvalue weighted by Crippen LogP contribution is -2.45. The first-order chi connectivity index (χ1) is 7.83. The van der Waals surface area contributed by atoms with Gasteiger partial charge >= 0.3 is 0 Å². The summed E-state index contributed by atoms with van der Waals surface area (Å²) in [6.07, 6.45) is -0.673. The zero-order valence-corrected chi connectivity index (χ0v) is 11.6. The van der Waals surface area contributed by atoms with E-state index in [-0.39, 0.29) is 10.6 Å². The molecular formula is C13H15BrO3. The molecule has 3 nitrogen and oxygen atoms in total. The first kappa shape index (κ1) is 12.6. The Kier molecular flexibility index (Phi) is 3.04. The molecule has 0 unspecified atom stereocenters. The molecule has 0 radical (unpaired) electrons. The molecule has 1 N–H and O–H groups in total. The second kappa shape index (κ2) is 4.10. The van der Waals surface area contributed by atoms with E-state index in [1.807, 2.05) is 13.8 Å². The van der Waals surface area contributed by atoms with Crippen molar-refractivity contribution in [1.29, 1.82) is 0 Å². The van der Waals surface area contributed by atoms with Crippen LogP contribution in [0.5, 0.6) is 5.75 Å². The quantitative estimate of drug-likeness (QED) is 0.640.